The maximum Gasteiger partial charge on any atom is 0.322 e. The maximum absolute atomic E-state index is 11.7. The molecule has 5 heteroatoms. The van der Waals surface area contributed by atoms with Gasteiger partial charge >= 0.3 is 5.97 Å². The van der Waals surface area contributed by atoms with Crippen LogP contribution in [0, 0.1) is 5.92 Å². The number of ether oxygens (including phenoxy) is 1. The molecule has 19 heavy (non-hydrogen) atoms. The summed E-state index contributed by atoms with van der Waals surface area (Å²) >= 11 is 0. The minimum absolute atomic E-state index is 0.0988. The molecule has 0 aromatic heterocycles. The zero-order valence-corrected chi connectivity index (χ0v) is 12.9. The van der Waals surface area contributed by atoms with Gasteiger partial charge in [0.1, 0.15) is 12.3 Å². The fourth-order valence-electron chi connectivity index (χ4n) is 2.18. The number of methoxy groups -OCH3 is 1. The van der Waals surface area contributed by atoms with Crippen molar-refractivity contribution in [2.24, 2.45) is 5.92 Å². The van der Waals surface area contributed by atoms with Crippen LogP contribution in [-0.2, 0) is 9.53 Å². The van der Waals surface area contributed by atoms with Crippen molar-refractivity contribution in [1.29, 1.82) is 0 Å². The number of likely N-dealkylation sites (N-methyl/N-ethyl adjacent to an activating group) is 1. The zero-order chi connectivity index (χ0) is 14.8. The number of esters is 1. The van der Waals surface area contributed by atoms with Crippen LogP contribution in [0.2, 0.25) is 0 Å². The largest absolute Gasteiger partial charge is 0.468 e. The van der Waals surface area contributed by atoms with Crippen LogP contribution in [0.25, 0.3) is 0 Å². The molecular weight excluding hydrogens is 244 g/mol. The lowest BCUT2D eigenvalue weighted by Crippen LogP contribution is -2.54. The molecule has 0 radical (unpaired) electrons. The van der Waals surface area contributed by atoms with E-state index in [-0.39, 0.29) is 17.9 Å². The summed E-state index contributed by atoms with van der Waals surface area (Å²) in [5, 5.41) is 16.2. The zero-order valence-electron chi connectivity index (χ0n) is 12.9. The van der Waals surface area contributed by atoms with E-state index in [0.717, 1.165) is 19.3 Å². The molecule has 0 fully saturated rings. The number of rotatable bonds is 10. The Bertz CT molecular complexity index is 247. The number of carbonyl (C=O) groups excluding carboxylic acids is 1. The predicted octanol–water partition coefficient (Wildman–Crippen LogP) is 1.26. The van der Waals surface area contributed by atoms with Crippen molar-refractivity contribution in [3.63, 3.8) is 0 Å². The first-order valence-electron chi connectivity index (χ1n) is 7.17. The Morgan fingerprint density at radius 3 is 2.37 bits per heavy atom. The summed E-state index contributed by atoms with van der Waals surface area (Å²) in [5.74, 6) is -0.0461. The van der Waals surface area contributed by atoms with Gasteiger partial charge in [-0.15, -0.1) is 0 Å². The first-order valence-corrected chi connectivity index (χ1v) is 7.17. The molecule has 0 aromatic carbocycles. The van der Waals surface area contributed by atoms with Crippen LogP contribution >= 0.6 is 0 Å². The Morgan fingerprint density at radius 1 is 1.32 bits per heavy atom. The van der Waals surface area contributed by atoms with Gasteiger partial charge < -0.3 is 15.2 Å². The minimum atomic E-state index is -0.768. The third-order valence-corrected chi connectivity index (χ3v) is 3.35. The summed E-state index contributed by atoms with van der Waals surface area (Å²) in [7, 11) is 3.18. The third-order valence-electron chi connectivity index (χ3n) is 3.35. The summed E-state index contributed by atoms with van der Waals surface area (Å²) < 4.78 is 4.78. The monoisotopic (exact) mass is 274 g/mol. The molecule has 0 aliphatic rings. The van der Waals surface area contributed by atoms with E-state index in [9.17, 15) is 9.90 Å². The van der Waals surface area contributed by atoms with Crippen LogP contribution in [-0.4, -0.2) is 43.5 Å². The van der Waals surface area contributed by atoms with E-state index in [0.29, 0.717) is 6.42 Å². The van der Waals surface area contributed by atoms with Crippen LogP contribution in [0.5, 0.6) is 0 Å². The lowest BCUT2D eigenvalue weighted by molar-refractivity contribution is -0.144. The second-order valence-corrected chi connectivity index (χ2v) is 5.24. The van der Waals surface area contributed by atoms with Gasteiger partial charge in [-0.25, -0.2) is 0 Å². The van der Waals surface area contributed by atoms with Gasteiger partial charge in [0, 0.05) is 6.04 Å². The van der Waals surface area contributed by atoms with Crippen LogP contribution < -0.4 is 10.6 Å². The Labute approximate surface area is 117 Å². The van der Waals surface area contributed by atoms with Crippen LogP contribution in [0.4, 0.5) is 0 Å². The number of aliphatic hydroxyl groups is 1. The van der Waals surface area contributed by atoms with E-state index in [4.69, 9.17) is 4.74 Å². The van der Waals surface area contributed by atoms with E-state index < -0.39 is 12.3 Å². The van der Waals surface area contributed by atoms with E-state index >= 15 is 0 Å². The van der Waals surface area contributed by atoms with Gasteiger partial charge in [-0.1, -0.05) is 40.0 Å². The Hall–Kier alpha value is -0.650. The fraction of sp³-hybridized carbons (Fsp3) is 0.929. The first kappa shape index (κ1) is 18.4. The van der Waals surface area contributed by atoms with Crippen molar-refractivity contribution in [3.05, 3.63) is 0 Å². The van der Waals surface area contributed by atoms with Crippen molar-refractivity contribution >= 4 is 5.97 Å². The number of carbonyl (C=O) groups is 1. The lowest BCUT2D eigenvalue weighted by atomic mass is 10.0. The molecule has 0 aliphatic carbocycles. The lowest BCUT2D eigenvalue weighted by Gasteiger charge is -2.29. The van der Waals surface area contributed by atoms with Gasteiger partial charge in [0.15, 0.2) is 0 Å². The molecule has 114 valence electrons. The fourth-order valence-corrected chi connectivity index (χ4v) is 2.18. The number of hydrogen-bond donors (Lipinski definition) is 3. The Balaban J connectivity index is 4.48. The second kappa shape index (κ2) is 10.2. The quantitative estimate of drug-likeness (QED) is 0.318. The summed E-state index contributed by atoms with van der Waals surface area (Å²) in [6.07, 6.45) is 3.04. The van der Waals surface area contributed by atoms with Crippen molar-refractivity contribution < 1.29 is 14.6 Å². The Kier molecular flexibility index (Phi) is 9.83. The summed E-state index contributed by atoms with van der Waals surface area (Å²) in [5.41, 5.74) is 0. The van der Waals surface area contributed by atoms with E-state index in [2.05, 4.69) is 17.6 Å². The number of unbranched alkanes of at least 4 members (excludes halogenated alkanes) is 2. The molecule has 3 unspecified atom stereocenters. The number of hydrogen-bond acceptors (Lipinski definition) is 5. The molecule has 0 saturated carbocycles. The highest BCUT2D eigenvalue weighted by Gasteiger charge is 2.27. The highest BCUT2D eigenvalue weighted by molar-refractivity contribution is 5.75. The highest BCUT2D eigenvalue weighted by Crippen LogP contribution is 2.09. The smallest absolute Gasteiger partial charge is 0.322 e. The average Bonchev–Trinajstić information content (AvgIpc) is 2.37. The molecule has 3 N–H and O–H groups in total. The van der Waals surface area contributed by atoms with Crippen molar-refractivity contribution in [1.82, 2.24) is 10.6 Å². The summed E-state index contributed by atoms with van der Waals surface area (Å²) in [6.45, 7) is 6.16. The maximum atomic E-state index is 11.7. The van der Waals surface area contributed by atoms with E-state index in [1.165, 1.54) is 7.11 Å². The summed E-state index contributed by atoms with van der Waals surface area (Å²) in [4.78, 5) is 11.7. The SMILES string of the molecule is CCCCCC(NC(O)C(NC)C(C)C)C(=O)OC. The van der Waals surface area contributed by atoms with Crippen molar-refractivity contribution in [2.45, 2.75) is 64.8 Å². The number of nitrogens with one attached hydrogen (secondary N) is 2. The molecule has 3 atom stereocenters. The minimum Gasteiger partial charge on any atom is -0.468 e. The topological polar surface area (TPSA) is 70.6 Å². The molecular formula is C14H30N2O3. The van der Waals surface area contributed by atoms with Crippen molar-refractivity contribution in [2.75, 3.05) is 14.2 Å². The molecule has 0 saturated heterocycles. The molecule has 5 nitrogen and oxygen atoms in total. The predicted molar refractivity (Wildman–Crippen MR) is 76.8 cm³/mol. The van der Waals surface area contributed by atoms with Gasteiger partial charge in [0.05, 0.1) is 7.11 Å². The van der Waals surface area contributed by atoms with Crippen LogP contribution in [0.3, 0.4) is 0 Å². The van der Waals surface area contributed by atoms with Gasteiger partial charge in [0.2, 0.25) is 0 Å². The Morgan fingerprint density at radius 2 is 1.95 bits per heavy atom. The molecule has 0 amide bonds. The summed E-state index contributed by atoms with van der Waals surface area (Å²) in [6, 6.07) is -0.542. The molecule has 0 aromatic rings. The highest BCUT2D eigenvalue weighted by atomic mass is 16.5. The van der Waals surface area contributed by atoms with Gasteiger partial charge in [0.25, 0.3) is 0 Å². The van der Waals surface area contributed by atoms with Gasteiger partial charge in [-0.2, -0.15) is 0 Å². The normalized spacial score (nSPS) is 16.2. The second-order valence-electron chi connectivity index (χ2n) is 5.24. The van der Waals surface area contributed by atoms with E-state index in [1.807, 2.05) is 13.8 Å². The van der Waals surface area contributed by atoms with Crippen LogP contribution in [0.1, 0.15) is 46.5 Å². The van der Waals surface area contributed by atoms with Gasteiger partial charge in [-0.05, 0) is 19.4 Å². The molecule has 0 spiro atoms. The molecule has 0 rings (SSSR count). The molecule has 0 aliphatic heterocycles. The standard InChI is InChI=1S/C14H30N2O3/c1-6-7-8-9-11(14(18)19-5)16-13(17)12(15-4)10(2)3/h10-13,15-17H,6-9H2,1-5H3. The number of aliphatic hydroxyl groups excluding tert-OH is 1. The van der Waals surface area contributed by atoms with Gasteiger partial charge in [-0.3, -0.25) is 10.1 Å². The van der Waals surface area contributed by atoms with E-state index in [1.54, 1.807) is 7.05 Å². The first-order chi connectivity index (χ1) is 8.97. The third kappa shape index (κ3) is 6.89. The average molecular weight is 274 g/mol. The van der Waals surface area contributed by atoms with Crippen molar-refractivity contribution in [3.8, 4) is 0 Å². The molecule has 0 bridgehead atoms. The molecule has 0 heterocycles. The van der Waals surface area contributed by atoms with Crippen LogP contribution in [0.15, 0.2) is 0 Å².